The van der Waals surface area contributed by atoms with E-state index in [9.17, 15) is 4.79 Å². The van der Waals surface area contributed by atoms with Crippen LogP contribution in [0.2, 0.25) is 0 Å². The second kappa shape index (κ2) is 5.74. The quantitative estimate of drug-likeness (QED) is 0.828. The number of carbonyl (C=O) groups is 1. The van der Waals surface area contributed by atoms with Gasteiger partial charge in [-0.05, 0) is 62.2 Å². The summed E-state index contributed by atoms with van der Waals surface area (Å²) >= 11 is 0. The lowest BCUT2D eigenvalue weighted by molar-refractivity contribution is -0.137. The molecule has 5 nitrogen and oxygen atoms in total. The number of nitrogens with zero attached hydrogens (tertiary/aromatic N) is 1. The minimum absolute atomic E-state index is 0.125. The van der Waals surface area contributed by atoms with Crippen molar-refractivity contribution >= 4 is 11.7 Å². The molecule has 0 saturated carbocycles. The van der Waals surface area contributed by atoms with Gasteiger partial charge in [-0.3, -0.25) is 4.90 Å². The zero-order chi connectivity index (χ0) is 18.8. The summed E-state index contributed by atoms with van der Waals surface area (Å²) in [6.07, 6.45) is 5.36. The lowest BCUT2D eigenvalue weighted by Gasteiger charge is -2.56. The van der Waals surface area contributed by atoms with Crippen molar-refractivity contribution in [2.75, 3.05) is 32.6 Å². The molecule has 1 N–H and O–H groups in total. The van der Waals surface area contributed by atoms with Crippen LogP contribution in [0.15, 0.2) is 29.5 Å². The minimum Gasteiger partial charge on any atom is -0.497 e. The monoisotopic (exact) mass is 368 g/mol. The molecule has 0 bridgehead atoms. The summed E-state index contributed by atoms with van der Waals surface area (Å²) in [6, 6.07) is 6.80. The Balaban J connectivity index is 1.79. The average molecular weight is 368 g/mol. The fourth-order valence-electron chi connectivity index (χ4n) is 6.65. The minimum atomic E-state index is -0.174. The Morgan fingerprint density at radius 2 is 2.15 bits per heavy atom. The molecular formula is C22H28N2O3. The molecule has 27 heavy (non-hydrogen) atoms. The van der Waals surface area contributed by atoms with Gasteiger partial charge < -0.3 is 14.8 Å². The van der Waals surface area contributed by atoms with Crippen molar-refractivity contribution in [1.29, 1.82) is 0 Å². The van der Waals surface area contributed by atoms with Crippen LogP contribution in [0.25, 0.3) is 0 Å². The first-order valence-corrected chi connectivity index (χ1v) is 10.1. The second-order valence-electron chi connectivity index (χ2n) is 8.54. The smallest absolute Gasteiger partial charge is 0.335 e. The molecule has 0 aromatic heterocycles. The lowest BCUT2D eigenvalue weighted by Crippen LogP contribution is -2.59. The molecule has 3 aliphatic heterocycles. The number of anilines is 1. The summed E-state index contributed by atoms with van der Waals surface area (Å²) in [5, 5.41) is 3.64. The summed E-state index contributed by atoms with van der Waals surface area (Å²) in [5.74, 6) is 0.670. The molecule has 3 atom stereocenters. The van der Waals surface area contributed by atoms with Crippen LogP contribution in [-0.4, -0.2) is 44.2 Å². The molecule has 0 radical (unpaired) electrons. The van der Waals surface area contributed by atoms with Gasteiger partial charge in [0.2, 0.25) is 0 Å². The van der Waals surface area contributed by atoms with Gasteiger partial charge in [0.1, 0.15) is 5.75 Å². The molecular weight excluding hydrogens is 340 g/mol. The average Bonchev–Trinajstić information content (AvgIpc) is 3.26. The molecule has 5 rings (SSSR count). The van der Waals surface area contributed by atoms with E-state index >= 15 is 0 Å². The zero-order valence-corrected chi connectivity index (χ0v) is 16.4. The lowest BCUT2D eigenvalue weighted by atomic mass is 9.53. The van der Waals surface area contributed by atoms with Crippen LogP contribution in [0, 0.1) is 5.41 Å². The number of fused-ring (bicyclic) bond motifs is 1. The highest BCUT2D eigenvalue weighted by Crippen LogP contribution is 2.65. The predicted molar refractivity (Wildman–Crippen MR) is 104 cm³/mol. The number of benzene rings is 1. The first-order chi connectivity index (χ1) is 13.1. The number of esters is 1. The van der Waals surface area contributed by atoms with Crippen LogP contribution in [0.1, 0.15) is 44.6 Å². The number of rotatable bonds is 3. The molecule has 2 fully saturated rings. The topological polar surface area (TPSA) is 50.8 Å². The third kappa shape index (κ3) is 2.01. The van der Waals surface area contributed by atoms with Crippen molar-refractivity contribution in [3.05, 3.63) is 35.0 Å². The van der Waals surface area contributed by atoms with Crippen LogP contribution in [0.5, 0.6) is 5.75 Å². The summed E-state index contributed by atoms with van der Waals surface area (Å²) in [4.78, 5) is 15.5. The van der Waals surface area contributed by atoms with E-state index in [0.717, 1.165) is 48.5 Å². The number of ether oxygens (including phenoxy) is 2. The Morgan fingerprint density at radius 3 is 2.89 bits per heavy atom. The number of hydrogen-bond acceptors (Lipinski definition) is 5. The van der Waals surface area contributed by atoms with Gasteiger partial charge in [0, 0.05) is 23.5 Å². The van der Waals surface area contributed by atoms with E-state index < -0.39 is 0 Å². The summed E-state index contributed by atoms with van der Waals surface area (Å²) in [5.41, 5.74) is 4.38. The fourth-order valence-corrected chi connectivity index (χ4v) is 6.65. The fraction of sp³-hybridized carbons (Fsp3) is 0.591. The highest BCUT2D eigenvalue weighted by atomic mass is 16.5. The maximum absolute atomic E-state index is 12.8. The Hall–Kier alpha value is -2.01. The standard InChI is InChI=1S/C22H28N2O3/c1-4-21-8-5-10-24-11-9-22(20(21)24)16-7-6-14(26-2)12-17(16)23-18(22)15(13-21)19(25)27-3/h6-7,12,20,23H,4-5,8-11,13H2,1-3H3/t20-,21-,22-/m0/s1. The van der Waals surface area contributed by atoms with Crippen molar-refractivity contribution in [2.24, 2.45) is 5.41 Å². The van der Waals surface area contributed by atoms with E-state index in [-0.39, 0.29) is 16.8 Å². The Labute approximate surface area is 160 Å². The predicted octanol–water partition coefficient (Wildman–Crippen LogP) is 3.45. The Morgan fingerprint density at radius 1 is 1.30 bits per heavy atom. The molecule has 0 unspecified atom stereocenters. The van der Waals surface area contributed by atoms with Crippen LogP contribution in [0.3, 0.4) is 0 Å². The normalized spacial score (nSPS) is 33.8. The molecule has 1 aromatic rings. The van der Waals surface area contributed by atoms with Crippen molar-refractivity contribution < 1.29 is 14.3 Å². The SMILES string of the molecule is CC[C@]12CCCN3CC[C@]4(C(=C(C(=O)OC)C1)Nc1cc(OC)ccc14)[C@@H]32. The van der Waals surface area contributed by atoms with Crippen LogP contribution in [-0.2, 0) is 14.9 Å². The van der Waals surface area contributed by atoms with E-state index in [1.807, 2.05) is 0 Å². The largest absolute Gasteiger partial charge is 0.497 e. The molecule has 1 aliphatic carbocycles. The van der Waals surface area contributed by atoms with Crippen molar-refractivity contribution in [1.82, 2.24) is 4.90 Å². The van der Waals surface area contributed by atoms with Crippen molar-refractivity contribution in [2.45, 2.75) is 50.5 Å². The molecule has 5 heteroatoms. The summed E-state index contributed by atoms with van der Waals surface area (Å²) in [7, 11) is 3.20. The number of hydrogen-bond donors (Lipinski definition) is 1. The van der Waals surface area contributed by atoms with Gasteiger partial charge in [-0.25, -0.2) is 4.79 Å². The number of methoxy groups -OCH3 is 2. The maximum Gasteiger partial charge on any atom is 0.335 e. The molecule has 144 valence electrons. The van der Waals surface area contributed by atoms with Gasteiger partial charge in [0.25, 0.3) is 0 Å². The van der Waals surface area contributed by atoms with Crippen LogP contribution >= 0.6 is 0 Å². The molecule has 1 spiro atoms. The number of piperidine rings is 1. The van der Waals surface area contributed by atoms with Gasteiger partial charge in [0.05, 0.1) is 25.2 Å². The molecule has 0 amide bonds. The van der Waals surface area contributed by atoms with Crippen molar-refractivity contribution in [3.63, 3.8) is 0 Å². The maximum atomic E-state index is 12.8. The summed E-state index contributed by atoms with van der Waals surface area (Å²) in [6.45, 7) is 4.56. The van der Waals surface area contributed by atoms with Crippen LogP contribution < -0.4 is 10.1 Å². The first-order valence-electron chi connectivity index (χ1n) is 10.1. The highest BCUT2D eigenvalue weighted by Gasteiger charge is 2.66. The third-order valence-corrected chi connectivity index (χ3v) is 7.71. The molecule has 2 saturated heterocycles. The first kappa shape index (κ1) is 17.1. The Kier molecular flexibility index (Phi) is 3.64. The number of nitrogens with one attached hydrogen (secondary N) is 1. The number of carbonyl (C=O) groups excluding carboxylic acids is 1. The molecule has 3 heterocycles. The van der Waals surface area contributed by atoms with Gasteiger partial charge >= 0.3 is 5.97 Å². The van der Waals surface area contributed by atoms with Gasteiger partial charge in [-0.2, -0.15) is 0 Å². The van der Waals surface area contributed by atoms with Crippen molar-refractivity contribution in [3.8, 4) is 5.75 Å². The second-order valence-corrected chi connectivity index (χ2v) is 8.54. The van der Waals surface area contributed by atoms with E-state index in [2.05, 4.69) is 35.3 Å². The van der Waals surface area contributed by atoms with E-state index in [4.69, 9.17) is 9.47 Å². The van der Waals surface area contributed by atoms with E-state index in [1.165, 1.54) is 32.1 Å². The Bertz CT molecular complexity index is 848. The summed E-state index contributed by atoms with van der Waals surface area (Å²) < 4.78 is 10.7. The highest BCUT2D eigenvalue weighted by molar-refractivity contribution is 5.93. The molecule has 4 aliphatic rings. The zero-order valence-electron chi connectivity index (χ0n) is 16.4. The van der Waals surface area contributed by atoms with E-state index in [0.29, 0.717) is 6.04 Å². The van der Waals surface area contributed by atoms with Crippen LogP contribution in [0.4, 0.5) is 5.69 Å². The molecule has 1 aromatic carbocycles. The third-order valence-electron chi connectivity index (χ3n) is 7.71. The van der Waals surface area contributed by atoms with Gasteiger partial charge in [-0.1, -0.05) is 13.0 Å². The van der Waals surface area contributed by atoms with Gasteiger partial charge in [-0.15, -0.1) is 0 Å². The van der Waals surface area contributed by atoms with Gasteiger partial charge in [0.15, 0.2) is 0 Å². The van der Waals surface area contributed by atoms with E-state index in [1.54, 1.807) is 7.11 Å².